The van der Waals surface area contributed by atoms with Crippen LogP contribution in [0.1, 0.15) is 104 Å². The first-order chi connectivity index (χ1) is 11.8. The van der Waals surface area contributed by atoms with Crippen LogP contribution in [-0.2, 0) is 13.6 Å². The third-order valence-corrected chi connectivity index (χ3v) is 5.51. The van der Waals surface area contributed by atoms with Crippen molar-refractivity contribution in [1.29, 1.82) is 0 Å². The van der Waals surface area contributed by atoms with Gasteiger partial charge in [0.2, 0.25) is 0 Å². The molecule has 0 aromatic carbocycles. The molecular formula is C19H41O3PS. The largest absolute Gasteiger partial charge is 0.333 e. The molecule has 0 bridgehead atoms. The van der Waals surface area contributed by atoms with E-state index >= 15 is 0 Å². The zero-order valence-corrected chi connectivity index (χ0v) is 17.9. The third kappa shape index (κ3) is 19.0. The molecule has 0 saturated heterocycles. The van der Waals surface area contributed by atoms with Crippen LogP contribution in [0.5, 0.6) is 0 Å². The Hall–Kier alpha value is 0.660. The maximum Gasteiger partial charge on any atom is 0.333 e. The molecule has 146 valence electrons. The molecule has 0 saturated carbocycles. The van der Waals surface area contributed by atoms with Crippen molar-refractivity contribution < 1.29 is 13.6 Å². The summed E-state index contributed by atoms with van der Waals surface area (Å²) in [7, 11) is -1.20. The van der Waals surface area contributed by atoms with E-state index in [-0.39, 0.29) is 0 Å². The second-order valence-corrected chi connectivity index (χ2v) is 7.87. The molecular weight excluding hydrogens is 339 g/mol. The molecule has 0 radical (unpaired) electrons. The number of thiol groups is 1. The van der Waals surface area contributed by atoms with Crippen molar-refractivity contribution in [2.24, 2.45) is 0 Å². The third-order valence-electron chi connectivity index (χ3n) is 4.05. The number of rotatable bonds is 20. The van der Waals surface area contributed by atoms with Gasteiger partial charge in [0.25, 0.3) is 0 Å². The van der Waals surface area contributed by atoms with Crippen LogP contribution in [0, 0.1) is 0 Å². The van der Waals surface area contributed by atoms with Crippen LogP contribution >= 0.6 is 21.2 Å². The standard InChI is InChI=1S/C19H41O3PS/c1-3-5-7-9-11-13-15-17-20-23(22-19-24)21-18-16-14-12-10-8-6-4-2/h24H,3-19H2,1-2H3. The molecule has 0 aromatic rings. The van der Waals surface area contributed by atoms with E-state index in [1.165, 1.54) is 77.0 Å². The monoisotopic (exact) mass is 380 g/mol. The van der Waals surface area contributed by atoms with Gasteiger partial charge in [0.15, 0.2) is 0 Å². The van der Waals surface area contributed by atoms with Gasteiger partial charge in [0.05, 0.1) is 19.2 Å². The molecule has 0 aliphatic carbocycles. The highest BCUT2D eigenvalue weighted by Crippen LogP contribution is 2.40. The van der Waals surface area contributed by atoms with E-state index in [9.17, 15) is 0 Å². The van der Waals surface area contributed by atoms with Crippen LogP contribution in [0.25, 0.3) is 0 Å². The molecule has 0 unspecified atom stereocenters. The maximum absolute atomic E-state index is 5.74. The second-order valence-electron chi connectivity index (χ2n) is 6.39. The Kier molecular flexibility index (Phi) is 22.3. The van der Waals surface area contributed by atoms with Gasteiger partial charge < -0.3 is 13.6 Å². The Morgan fingerprint density at radius 3 is 1.29 bits per heavy atom. The smallest absolute Gasteiger partial charge is 0.312 e. The summed E-state index contributed by atoms with van der Waals surface area (Å²) in [6.07, 6.45) is 18.1. The first-order valence-corrected chi connectivity index (χ1v) is 11.9. The average Bonchev–Trinajstić information content (AvgIpc) is 2.59. The van der Waals surface area contributed by atoms with Crippen LogP contribution in [0.4, 0.5) is 0 Å². The molecule has 0 fully saturated rings. The van der Waals surface area contributed by atoms with Crippen LogP contribution in [-0.4, -0.2) is 19.2 Å². The van der Waals surface area contributed by atoms with Crippen molar-refractivity contribution in [2.45, 2.75) is 104 Å². The Balaban J connectivity index is 3.43. The van der Waals surface area contributed by atoms with Gasteiger partial charge in [-0.25, -0.2) is 0 Å². The molecule has 0 aromatic heterocycles. The summed E-state index contributed by atoms with van der Waals surface area (Å²) in [6.45, 7) is 5.99. The fraction of sp³-hybridized carbons (Fsp3) is 1.00. The lowest BCUT2D eigenvalue weighted by atomic mass is 10.1. The molecule has 0 aliphatic heterocycles. The zero-order chi connectivity index (χ0) is 17.7. The molecule has 5 heteroatoms. The Morgan fingerprint density at radius 1 is 0.542 bits per heavy atom. The number of hydrogen-bond donors (Lipinski definition) is 1. The van der Waals surface area contributed by atoms with Gasteiger partial charge in [0, 0.05) is 0 Å². The van der Waals surface area contributed by atoms with Crippen LogP contribution in [0.3, 0.4) is 0 Å². The van der Waals surface area contributed by atoms with Crippen molar-refractivity contribution in [2.75, 3.05) is 19.2 Å². The van der Waals surface area contributed by atoms with E-state index in [4.69, 9.17) is 13.6 Å². The molecule has 3 nitrogen and oxygen atoms in total. The summed E-state index contributed by atoms with van der Waals surface area (Å²) in [5.74, 6) is 0.361. The second kappa shape index (κ2) is 21.7. The lowest BCUT2D eigenvalue weighted by Gasteiger charge is -2.15. The summed E-state index contributed by atoms with van der Waals surface area (Å²) in [4.78, 5) is 0. The first kappa shape index (κ1) is 24.7. The summed E-state index contributed by atoms with van der Waals surface area (Å²) < 4.78 is 16.9. The lowest BCUT2D eigenvalue weighted by molar-refractivity contribution is 0.171. The minimum atomic E-state index is -1.20. The van der Waals surface area contributed by atoms with E-state index in [0.29, 0.717) is 5.94 Å². The Labute approximate surface area is 158 Å². The van der Waals surface area contributed by atoms with Gasteiger partial charge in [0.1, 0.15) is 0 Å². The molecule has 0 aliphatic rings. The molecule has 24 heavy (non-hydrogen) atoms. The normalized spacial score (nSPS) is 11.5. The van der Waals surface area contributed by atoms with E-state index in [2.05, 4.69) is 26.5 Å². The topological polar surface area (TPSA) is 27.7 Å². The quantitative estimate of drug-likeness (QED) is 0.102. The predicted molar refractivity (Wildman–Crippen MR) is 110 cm³/mol. The Morgan fingerprint density at radius 2 is 0.917 bits per heavy atom. The molecule has 0 amide bonds. The summed E-state index contributed by atoms with van der Waals surface area (Å²) in [5, 5.41) is 0. The fourth-order valence-electron chi connectivity index (χ4n) is 2.56. The molecule has 0 heterocycles. The van der Waals surface area contributed by atoms with Crippen LogP contribution < -0.4 is 0 Å². The van der Waals surface area contributed by atoms with Gasteiger partial charge >= 0.3 is 8.60 Å². The number of unbranched alkanes of at least 4 members (excludes halogenated alkanes) is 12. The van der Waals surface area contributed by atoms with Gasteiger partial charge in [-0.3, -0.25) is 0 Å². The highest BCUT2D eigenvalue weighted by atomic mass is 32.1. The molecule has 0 rings (SSSR count). The number of hydrogen-bond acceptors (Lipinski definition) is 4. The van der Waals surface area contributed by atoms with Crippen LogP contribution in [0.15, 0.2) is 0 Å². The minimum absolute atomic E-state index is 0.361. The van der Waals surface area contributed by atoms with Crippen LogP contribution in [0.2, 0.25) is 0 Å². The lowest BCUT2D eigenvalue weighted by Crippen LogP contribution is -1.98. The minimum Gasteiger partial charge on any atom is -0.312 e. The molecule has 0 spiro atoms. The van der Waals surface area contributed by atoms with Crippen molar-refractivity contribution in [3.05, 3.63) is 0 Å². The molecule has 0 N–H and O–H groups in total. The van der Waals surface area contributed by atoms with Crippen molar-refractivity contribution in [1.82, 2.24) is 0 Å². The first-order valence-electron chi connectivity index (χ1n) is 10.1. The van der Waals surface area contributed by atoms with Crippen molar-refractivity contribution in [3.63, 3.8) is 0 Å². The van der Waals surface area contributed by atoms with E-state index in [1.54, 1.807) is 0 Å². The molecule has 0 atom stereocenters. The van der Waals surface area contributed by atoms with Gasteiger partial charge in [-0.15, -0.1) is 0 Å². The SMILES string of the molecule is CCCCCCCCCOP(OCS)OCCCCCCCCC. The van der Waals surface area contributed by atoms with Gasteiger partial charge in [-0.1, -0.05) is 90.9 Å². The predicted octanol–water partition coefficient (Wildman–Crippen LogP) is 7.65. The summed E-state index contributed by atoms with van der Waals surface area (Å²) in [5.41, 5.74) is 0. The highest BCUT2D eigenvalue weighted by molar-refractivity contribution is 7.80. The highest BCUT2D eigenvalue weighted by Gasteiger charge is 2.11. The Bertz CT molecular complexity index is 213. The van der Waals surface area contributed by atoms with E-state index in [0.717, 1.165) is 26.1 Å². The summed E-state index contributed by atoms with van der Waals surface area (Å²) in [6, 6.07) is 0. The maximum atomic E-state index is 5.74. The van der Waals surface area contributed by atoms with Crippen molar-refractivity contribution >= 4 is 21.2 Å². The van der Waals surface area contributed by atoms with Crippen molar-refractivity contribution in [3.8, 4) is 0 Å². The fourth-order valence-corrected chi connectivity index (χ4v) is 3.71. The van der Waals surface area contributed by atoms with Gasteiger partial charge in [-0.05, 0) is 12.8 Å². The van der Waals surface area contributed by atoms with E-state index < -0.39 is 8.60 Å². The van der Waals surface area contributed by atoms with E-state index in [1.807, 2.05) is 0 Å². The zero-order valence-electron chi connectivity index (χ0n) is 16.1. The summed E-state index contributed by atoms with van der Waals surface area (Å²) >= 11 is 4.12. The average molecular weight is 381 g/mol. The van der Waals surface area contributed by atoms with Gasteiger partial charge in [-0.2, -0.15) is 12.6 Å².